The molecule has 2 heterocycles. The van der Waals surface area contributed by atoms with Crippen LogP contribution >= 0.6 is 0 Å². The molecular formula is C23H27N5O. The van der Waals surface area contributed by atoms with Crippen molar-refractivity contribution in [2.45, 2.75) is 20.4 Å². The quantitative estimate of drug-likeness (QED) is 0.656. The first-order valence-electron chi connectivity index (χ1n) is 10.0. The molecule has 0 spiro atoms. The summed E-state index contributed by atoms with van der Waals surface area (Å²) < 4.78 is 5.49. The van der Waals surface area contributed by atoms with Gasteiger partial charge in [0, 0.05) is 31.4 Å². The number of hydrogen-bond acceptors (Lipinski definition) is 6. The van der Waals surface area contributed by atoms with Crippen molar-refractivity contribution in [2.24, 2.45) is 0 Å². The lowest BCUT2D eigenvalue weighted by atomic mass is 10.1. The molecule has 150 valence electrons. The maximum atomic E-state index is 5.49. The highest BCUT2D eigenvalue weighted by Gasteiger charge is 2.15. The first-order chi connectivity index (χ1) is 14.2. The highest BCUT2D eigenvalue weighted by molar-refractivity contribution is 5.73. The van der Waals surface area contributed by atoms with Gasteiger partial charge < -0.3 is 20.3 Å². The van der Waals surface area contributed by atoms with Crippen LogP contribution in [0.3, 0.4) is 0 Å². The second-order valence-electron chi connectivity index (χ2n) is 7.30. The highest BCUT2D eigenvalue weighted by Crippen LogP contribution is 2.28. The summed E-state index contributed by atoms with van der Waals surface area (Å²) in [5.41, 5.74) is 5.55. The molecule has 0 radical (unpaired) electrons. The molecule has 29 heavy (non-hydrogen) atoms. The van der Waals surface area contributed by atoms with Crippen molar-refractivity contribution in [1.82, 2.24) is 9.97 Å². The molecule has 0 unspecified atom stereocenters. The maximum absolute atomic E-state index is 5.49. The highest BCUT2D eigenvalue weighted by atomic mass is 16.5. The molecule has 1 aliphatic heterocycles. The third-order valence-corrected chi connectivity index (χ3v) is 4.91. The van der Waals surface area contributed by atoms with Crippen molar-refractivity contribution in [1.29, 1.82) is 0 Å². The monoisotopic (exact) mass is 389 g/mol. The smallest absolute Gasteiger partial charge is 0.229 e. The molecule has 2 N–H and O–H groups in total. The van der Waals surface area contributed by atoms with E-state index in [1.165, 1.54) is 11.1 Å². The fourth-order valence-corrected chi connectivity index (χ4v) is 3.51. The molecule has 4 rings (SSSR count). The van der Waals surface area contributed by atoms with Crippen LogP contribution in [0.1, 0.15) is 16.8 Å². The second kappa shape index (κ2) is 8.92. The Bertz CT molecular complexity index is 969. The van der Waals surface area contributed by atoms with Crippen LogP contribution in [0.2, 0.25) is 0 Å². The molecule has 0 amide bonds. The topological polar surface area (TPSA) is 62.3 Å². The van der Waals surface area contributed by atoms with E-state index in [-0.39, 0.29) is 0 Å². The number of aryl methyl sites for hydroxylation is 2. The fourth-order valence-electron chi connectivity index (χ4n) is 3.51. The zero-order valence-electron chi connectivity index (χ0n) is 17.0. The lowest BCUT2D eigenvalue weighted by Crippen LogP contribution is -2.36. The molecule has 0 atom stereocenters. The SMILES string of the molecule is Cc1cccc(CNc2cc(C)nc(Nc3ccccc3N3CCOCC3)n2)c1. The van der Waals surface area contributed by atoms with E-state index in [9.17, 15) is 0 Å². The molecule has 1 aromatic heterocycles. The number of para-hydroxylation sites is 2. The number of rotatable bonds is 6. The van der Waals surface area contributed by atoms with Crippen LogP contribution in [0.25, 0.3) is 0 Å². The lowest BCUT2D eigenvalue weighted by Gasteiger charge is -2.30. The zero-order valence-corrected chi connectivity index (χ0v) is 17.0. The normalized spacial score (nSPS) is 13.9. The van der Waals surface area contributed by atoms with Gasteiger partial charge in [0.05, 0.1) is 24.6 Å². The number of nitrogens with zero attached hydrogens (tertiary/aromatic N) is 3. The van der Waals surface area contributed by atoms with Crippen LogP contribution in [-0.2, 0) is 11.3 Å². The summed E-state index contributed by atoms with van der Waals surface area (Å²) in [4.78, 5) is 11.6. The van der Waals surface area contributed by atoms with Crippen LogP contribution in [0, 0.1) is 13.8 Å². The summed E-state index contributed by atoms with van der Waals surface area (Å²) in [6.45, 7) is 8.09. The Hall–Kier alpha value is -3.12. The molecule has 1 fully saturated rings. The molecular weight excluding hydrogens is 362 g/mol. The van der Waals surface area contributed by atoms with Crippen molar-refractivity contribution in [3.63, 3.8) is 0 Å². The van der Waals surface area contributed by atoms with Crippen molar-refractivity contribution in [3.8, 4) is 0 Å². The van der Waals surface area contributed by atoms with Gasteiger partial charge in [-0.05, 0) is 31.5 Å². The number of benzene rings is 2. The third-order valence-electron chi connectivity index (χ3n) is 4.91. The van der Waals surface area contributed by atoms with Crippen molar-refractivity contribution in [3.05, 3.63) is 71.4 Å². The number of aromatic nitrogens is 2. The number of anilines is 4. The minimum Gasteiger partial charge on any atom is -0.378 e. The second-order valence-corrected chi connectivity index (χ2v) is 7.30. The predicted octanol–water partition coefficient (Wildman–Crippen LogP) is 4.29. The third kappa shape index (κ3) is 5.03. The first kappa shape index (κ1) is 19.2. The van der Waals surface area contributed by atoms with Crippen LogP contribution in [0.15, 0.2) is 54.6 Å². The fraction of sp³-hybridized carbons (Fsp3) is 0.304. The standard InChI is InChI=1S/C23H27N5O/c1-17-6-5-7-19(14-17)16-24-22-15-18(2)25-23(27-22)26-20-8-3-4-9-21(20)28-10-12-29-13-11-28/h3-9,14-15H,10-13,16H2,1-2H3,(H2,24,25,26,27). The van der Waals surface area contributed by atoms with Gasteiger partial charge in [-0.3, -0.25) is 0 Å². The zero-order chi connectivity index (χ0) is 20.1. The van der Waals surface area contributed by atoms with Crippen molar-refractivity contribution in [2.75, 3.05) is 41.8 Å². The molecule has 0 bridgehead atoms. The summed E-state index contributed by atoms with van der Waals surface area (Å²) in [5.74, 6) is 1.41. The molecule has 6 heteroatoms. The Morgan fingerprint density at radius 2 is 1.79 bits per heavy atom. The number of ether oxygens (including phenoxy) is 1. The Kier molecular flexibility index (Phi) is 5.91. The number of morpholine rings is 1. The largest absolute Gasteiger partial charge is 0.378 e. The Balaban J connectivity index is 1.51. The van der Waals surface area contributed by atoms with E-state index in [4.69, 9.17) is 4.74 Å². The molecule has 1 saturated heterocycles. The van der Waals surface area contributed by atoms with Crippen LogP contribution in [-0.4, -0.2) is 36.3 Å². The van der Waals surface area contributed by atoms with Gasteiger partial charge in [0.15, 0.2) is 0 Å². The molecule has 0 aliphatic carbocycles. The number of hydrogen-bond donors (Lipinski definition) is 2. The van der Waals surface area contributed by atoms with Gasteiger partial charge in [-0.15, -0.1) is 0 Å². The summed E-state index contributed by atoms with van der Waals surface area (Å²) >= 11 is 0. The van der Waals surface area contributed by atoms with E-state index < -0.39 is 0 Å². The van der Waals surface area contributed by atoms with Gasteiger partial charge in [-0.25, -0.2) is 4.98 Å². The van der Waals surface area contributed by atoms with E-state index >= 15 is 0 Å². The van der Waals surface area contributed by atoms with Crippen molar-refractivity contribution >= 4 is 23.1 Å². The van der Waals surface area contributed by atoms with E-state index in [2.05, 4.69) is 74.9 Å². The van der Waals surface area contributed by atoms with Crippen LogP contribution in [0.4, 0.5) is 23.1 Å². The first-order valence-corrected chi connectivity index (χ1v) is 10.0. The lowest BCUT2D eigenvalue weighted by molar-refractivity contribution is 0.123. The molecule has 2 aromatic carbocycles. The van der Waals surface area contributed by atoms with Gasteiger partial charge in [0.25, 0.3) is 0 Å². The maximum Gasteiger partial charge on any atom is 0.229 e. The van der Waals surface area contributed by atoms with E-state index in [1.807, 2.05) is 19.1 Å². The molecule has 1 aliphatic rings. The molecule has 6 nitrogen and oxygen atoms in total. The van der Waals surface area contributed by atoms with E-state index in [1.54, 1.807) is 0 Å². The minimum absolute atomic E-state index is 0.595. The van der Waals surface area contributed by atoms with E-state index in [0.717, 1.165) is 55.7 Å². The summed E-state index contributed by atoms with van der Waals surface area (Å²) in [7, 11) is 0. The minimum atomic E-state index is 0.595. The molecule has 0 saturated carbocycles. The van der Waals surface area contributed by atoms with E-state index in [0.29, 0.717) is 5.95 Å². The Morgan fingerprint density at radius 1 is 0.966 bits per heavy atom. The Morgan fingerprint density at radius 3 is 2.62 bits per heavy atom. The summed E-state index contributed by atoms with van der Waals surface area (Å²) in [5, 5.41) is 6.83. The van der Waals surface area contributed by atoms with Crippen molar-refractivity contribution < 1.29 is 4.74 Å². The average Bonchev–Trinajstić information content (AvgIpc) is 2.73. The number of nitrogens with one attached hydrogen (secondary N) is 2. The molecule has 3 aromatic rings. The Labute approximate surface area is 172 Å². The summed E-state index contributed by atoms with van der Waals surface area (Å²) in [6.07, 6.45) is 0. The van der Waals surface area contributed by atoms with Gasteiger partial charge in [-0.1, -0.05) is 42.0 Å². The van der Waals surface area contributed by atoms with Crippen LogP contribution < -0.4 is 15.5 Å². The van der Waals surface area contributed by atoms with Crippen LogP contribution in [0.5, 0.6) is 0 Å². The van der Waals surface area contributed by atoms with Gasteiger partial charge in [0.1, 0.15) is 5.82 Å². The van der Waals surface area contributed by atoms with Gasteiger partial charge in [0.2, 0.25) is 5.95 Å². The van der Waals surface area contributed by atoms with Gasteiger partial charge >= 0.3 is 0 Å². The van der Waals surface area contributed by atoms with Gasteiger partial charge in [-0.2, -0.15) is 4.98 Å². The predicted molar refractivity (Wildman–Crippen MR) is 118 cm³/mol. The summed E-state index contributed by atoms with van der Waals surface area (Å²) in [6, 6.07) is 18.7. The average molecular weight is 390 g/mol.